The van der Waals surface area contributed by atoms with Gasteiger partial charge < -0.3 is 0 Å². The monoisotopic (exact) mass is 341 g/mol. The maximum absolute atomic E-state index is 8.79. The van der Waals surface area contributed by atoms with Crippen LogP contribution in [0.4, 0.5) is 0 Å². The zero-order valence-corrected chi connectivity index (χ0v) is 14.9. The summed E-state index contributed by atoms with van der Waals surface area (Å²) in [6.45, 7) is 2.16. The fraction of sp³-hybridized carbons (Fsp3) is 0.556. The lowest BCUT2D eigenvalue weighted by Crippen LogP contribution is -2.15. The van der Waals surface area contributed by atoms with Crippen LogP contribution in [0.3, 0.4) is 0 Å². The van der Waals surface area contributed by atoms with E-state index in [9.17, 15) is 0 Å². The lowest BCUT2D eigenvalue weighted by Gasteiger charge is -2.26. The molecule has 0 saturated heterocycles. The molecule has 1 atom stereocenters. The summed E-state index contributed by atoms with van der Waals surface area (Å²) in [6.07, 6.45) is 11.3. The highest BCUT2D eigenvalue weighted by Gasteiger charge is 2.24. The topological polar surface area (TPSA) is 67.4 Å². The Balaban J connectivity index is 1.90. The van der Waals surface area contributed by atoms with Crippen LogP contribution in [0.2, 0.25) is 0 Å². The largest absolute Gasteiger partial charge is 0.299 e. The van der Waals surface area contributed by atoms with Crippen molar-refractivity contribution in [2.75, 3.05) is 0 Å². The number of thioether (sulfide) groups is 1. The Bertz CT molecular complexity index is 685. The second kappa shape index (κ2) is 8.29. The molecule has 24 heavy (non-hydrogen) atoms. The molecule has 6 heteroatoms. The first-order valence-electron chi connectivity index (χ1n) is 8.68. The number of hydrogen-bond acceptors (Lipinski definition) is 5. The van der Waals surface area contributed by atoms with Crippen LogP contribution in [0.15, 0.2) is 29.7 Å². The molecule has 0 amide bonds. The molecular weight excluding hydrogens is 318 g/mol. The second-order valence-corrected chi connectivity index (χ2v) is 7.73. The number of nitriles is 1. The molecule has 0 aromatic carbocycles. The van der Waals surface area contributed by atoms with E-state index in [1.807, 2.05) is 12.1 Å². The van der Waals surface area contributed by atoms with Crippen LogP contribution in [0.5, 0.6) is 0 Å². The minimum absolute atomic E-state index is 0.362. The van der Waals surface area contributed by atoms with Gasteiger partial charge in [-0.25, -0.2) is 0 Å². The molecule has 1 aliphatic carbocycles. The van der Waals surface area contributed by atoms with E-state index in [4.69, 9.17) is 5.26 Å². The predicted octanol–water partition coefficient (Wildman–Crippen LogP) is 4.63. The van der Waals surface area contributed by atoms with E-state index in [1.54, 1.807) is 24.2 Å². The molecule has 0 spiro atoms. The van der Waals surface area contributed by atoms with Crippen LogP contribution < -0.4 is 0 Å². The third-order valence-electron chi connectivity index (χ3n) is 4.51. The van der Waals surface area contributed by atoms with Crippen molar-refractivity contribution in [1.29, 1.82) is 5.26 Å². The smallest absolute Gasteiger partial charge is 0.192 e. The van der Waals surface area contributed by atoms with Gasteiger partial charge in [-0.3, -0.25) is 9.55 Å². The van der Waals surface area contributed by atoms with Crippen LogP contribution in [0, 0.1) is 11.3 Å². The van der Waals surface area contributed by atoms with Crippen LogP contribution in [-0.2, 0) is 0 Å². The van der Waals surface area contributed by atoms with Crippen molar-refractivity contribution >= 4 is 11.8 Å². The van der Waals surface area contributed by atoms with Gasteiger partial charge in [0.05, 0.1) is 6.07 Å². The third kappa shape index (κ3) is 3.96. The lowest BCUT2D eigenvalue weighted by atomic mass is 9.95. The summed E-state index contributed by atoms with van der Waals surface area (Å²) in [5, 5.41) is 19.1. The Morgan fingerprint density at radius 2 is 2.00 bits per heavy atom. The van der Waals surface area contributed by atoms with Gasteiger partial charge >= 0.3 is 0 Å². The molecule has 126 valence electrons. The molecular formula is C18H23N5S. The molecule has 2 heterocycles. The van der Waals surface area contributed by atoms with Gasteiger partial charge in [-0.15, -0.1) is 10.2 Å². The Hall–Kier alpha value is -1.87. The van der Waals surface area contributed by atoms with Crippen LogP contribution in [-0.4, -0.2) is 25.0 Å². The van der Waals surface area contributed by atoms with E-state index in [0.717, 1.165) is 23.0 Å². The normalized spacial score (nSPS) is 16.7. The molecule has 1 saturated carbocycles. The van der Waals surface area contributed by atoms with Crippen molar-refractivity contribution in [3.8, 4) is 17.5 Å². The number of nitrogens with zero attached hydrogens (tertiary/aromatic N) is 5. The Labute approximate surface area is 147 Å². The molecule has 0 bridgehead atoms. The zero-order chi connectivity index (χ0) is 16.8. The van der Waals surface area contributed by atoms with Crippen LogP contribution in [0.25, 0.3) is 11.4 Å². The molecule has 0 radical (unpaired) electrons. The van der Waals surface area contributed by atoms with Gasteiger partial charge in [-0.05, 0) is 31.4 Å². The molecule has 5 nitrogen and oxygen atoms in total. The Morgan fingerprint density at radius 3 is 2.71 bits per heavy atom. The summed E-state index contributed by atoms with van der Waals surface area (Å²) in [5.74, 6) is 0.944. The van der Waals surface area contributed by atoms with E-state index in [1.165, 1.54) is 32.1 Å². The number of pyridine rings is 1. The number of rotatable bonds is 6. The standard InChI is InChI=1S/C18H23N5S/c1-14(6-5-11-19)24-18-22-21-17(15-9-12-20-13-10-15)23(18)16-7-3-2-4-8-16/h9-10,12-14,16H,2-8H2,1H3. The van der Waals surface area contributed by atoms with Gasteiger partial charge in [0.15, 0.2) is 11.0 Å². The van der Waals surface area contributed by atoms with Crippen molar-refractivity contribution in [2.24, 2.45) is 0 Å². The van der Waals surface area contributed by atoms with Gasteiger partial charge in [-0.1, -0.05) is 37.9 Å². The molecule has 3 rings (SSSR count). The highest BCUT2D eigenvalue weighted by molar-refractivity contribution is 7.99. The van der Waals surface area contributed by atoms with Crippen molar-refractivity contribution in [1.82, 2.24) is 19.7 Å². The maximum Gasteiger partial charge on any atom is 0.192 e. The average molecular weight is 341 g/mol. The average Bonchev–Trinajstić information content (AvgIpc) is 3.05. The van der Waals surface area contributed by atoms with Crippen molar-refractivity contribution in [3.63, 3.8) is 0 Å². The zero-order valence-electron chi connectivity index (χ0n) is 14.1. The van der Waals surface area contributed by atoms with E-state index in [2.05, 4.69) is 32.7 Å². The summed E-state index contributed by atoms with van der Waals surface area (Å²) in [4.78, 5) is 4.11. The summed E-state index contributed by atoms with van der Waals surface area (Å²) in [7, 11) is 0. The first-order chi connectivity index (χ1) is 11.8. The summed E-state index contributed by atoms with van der Waals surface area (Å²) in [5.41, 5.74) is 1.07. The first-order valence-corrected chi connectivity index (χ1v) is 9.56. The number of hydrogen-bond donors (Lipinski definition) is 0. The molecule has 1 unspecified atom stereocenters. The van der Waals surface area contributed by atoms with Gasteiger partial charge in [0.2, 0.25) is 0 Å². The number of aromatic nitrogens is 4. The lowest BCUT2D eigenvalue weighted by molar-refractivity contribution is 0.339. The minimum atomic E-state index is 0.362. The van der Waals surface area contributed by atoms with Gasteiger partial charge in [0.1, 0.15) is 0 Å². The molecule has 0 aliphatic heterocycles. The van der Waals surface area contributed by atoms with Crippen molar-refractivity contribution in [3.05, 3.63) is 24.5 Å². The first kappa shape index (κ1) is 17.0. The van der Waals surface area contributed by atoms with Gasteiger partial charge in [0.25, 0.3) is 0 Å². The summed E-state index contributed by atoms with van der Waals surface area (Å²) >= 11 is 1.74. The minimum Gasteiger partial charge on any atom is -0.299 e. The third-order valence-corrected chi connectivity index (χ3v) is 5.64. The van der Waals surface area contributed by atoms with E-state index in [-0.39, 0.29) is 0 Å². The van der Waals surface area contributed by atoms with Gasteiger partial charge in [-0.2, -0.15) is 5.26 Å². The Morgan fingerprint density at radius 1 is 1.25 bits per heavy atom. The van der Waals surface area contributed by atoms with E-state index < -0.39 is 0 Å². The molecule has 0 N–H and O–H groups in total. The predicted molar refractivity (Wildman–Crippen MR) is 95.5 cm³/mol. The summed E-state index contributed by atoms with van der Waals surface area (Å²) < 4.78 is 2.34. The highest BCUT2D eigenvalue weighted by atomic mass is 32.2. The van der Waals surface area contributed by atoms with Crippen molar-refractivity contribution < 1.29 is 0 Å². The van der Waals surface area contributed by atoms with E-state index in [0.29, 0.717) is 17.7 Å². The molecule has 2 aromatic rings. The highest BCUT2D eigenvalue weighted by Crippen LogP contribution is 2.36. The molecule has 1 aliphatic rings. The van der Waals surface area contributed by atoms with E-state index >= 15 is 0 Å². The van der Waals surface area contributed by atoms with Crippen LogP contribution in [0.1, 0.15) is 57.9 Å². The summed E-state index contributed by atoms with van der Waals surface area (Å²) in [6, 6.07) is 6.70. The molecule has 2 aromatic heterocycles. The maximum atomic E-state index is 8.79. The SMILES string of the molecule is CC(CCC#N)Sc1nnc(-c2ccncc2)n1C1CCCCC1. The second-order valence-electron chi connectivity index (χ2n) is 6.33. The Kier molecular flexibility index (Phi) is 5.86. The quantitative estimate of drug-likeness (QED) is 0.717. The van der Waals surface area contributed by atoms with Crippen LogP contribution >= 0.6 is 11.8 Å². The fourth-order valence-electron chi connectivity index (χ4n) is 3.23. The van der Waals surface area contributed by atoms with Gasteiger partial charge in [0, 0.05) is 35.7 Å². The van der Waals surface area contributed by atoms with Crippen molar-refractivity contribution in [2.45, 2.75) is 68.3 Å². The molecule has 1 fully saturated rings. The fourth-order valence-corrected chi connectivity index (χ4v) is 4.26.